The molecule has 0 unspecified atom stereocenters. The molecule has 1 amide bonds. The summed E-state index contributed by atoms with van der Waals surface area (Å²) in [5, 5.41) is 13.7. The fourth-order valence-electron chi connectivity index (χ4n) is 2.30. The number of hydrogen-bond acceptors (Lipinski definition) is 5. The van der Waals surface area contributed by atoms with E-state index in [2.05, 4.69) is 57.0 Å². The molecule has 2 N–H and O–H groups in total. The second-order valence-corrected chi connectivity index (χ2v) is 4.92. The van der Waals surface area contributed by atoms with Crippen LogP contribution in [0.5, 0.6) is 0 Å². The minimum atomic E-state index is 0.370. The molecule has 2 aromatic heterocycles. The summed E-state index contributed by atoms with van der Waals surface area (Å²) in [6.07, 6.45) is 4.80. The second kappa shape index (κ2) is 6.21. The number of hydrogen-bond donors (Lipinski definition) is 2. The first-order chi connectivity index (χ1) is 10.8. The average molecular weight is 296 g/mol. The normalized spacial score (nSPS) is 10.6. The molecule has 0 aliphatic carbocycles. The van der Waals surface area contributed by atoms with Crippen LogP contribution in [0.3, 0.4) is 0 Å². The largest absolute Gasteiger partial charge is 0.367 e. The van der Waals surface area contributed by atoms with Gasteiger partial charge in [-0.2, -0.15) is 0 Å². The monoisotopic (exact) mass is 296 g/mol. The highest BCUT2D eigenvalue weighted by Crippen LogP contribution is 2.14. The average Bonchev–Trinajstić information content (AvgIpc) is 2.92. The molecule has 7 nitrogen and oxygen atoms in total. The van der Waals surface area contributed by atoms with Gasteiger partial charge < -0.3 is 5.32 Å². The number of nitrogens with zero attached hydrogens (tertiary/aromatic N) is 4. The van der Waals surface area contributed by atoms with E-state index in [1.165, 1.54) is 11.1 Å². The van der Waals surface area contributed by atoms with Crippen LogP contribution in [0.25, 0.3) is 5.65 Å². The lowest BCUT2D eigenvalue weighted by molar-refractivity contribution is -0.105. The molecule has 2 heterocycles. The molecule has 3 aromatic rings. The molecule has 0 fully saturated rings. The van der Waals surface area contributed by atoms with Gasteiger partial charge in [0.2, 0.25) is 18.0 Å². The fraction of sp³-hybridized carbons (Fsp3) is 0.200. The summed E-state index contributed by atoms with van der Waals surface area (Å²) in [5.41, 5.74) is 3.10. The Bertz CT molecular complexity index is 798. The minimum Gasteiger partial charge on any atom is -0.367 e. The fourth-order valence-corrected chi connectivity index (χ4v) is 2.30. The molecule has 1 aromatic carbocycles. The van der Waals surface area contributed by atoms with E-state index >= 15 is 0 Å². The first kappa shape index (κ1) is 14.0. The summed E-state index contributed by atoms with van der Waals surface area (Å²) in [5.74, 6) is 1.01. The van der Waals surface area contributed by atoms with Gasteiger partial charge in [0, 0.05) is 18.9 Å². The predicted molar refractivity (Wildman–Crippen MR) is 83.8 cm³/mol. The van der Waals surface area contributed by atoms with Crippen molar-refractivity contribution in [3.63, 3.8) is 0 Å². The van der Waals surface area contributed by atoms with Gasteiger partial charge in [0.15, 0.2) is 5.82 Å². The van der Waals surface area contributed by atoms with Crippen LogP contribution in [0.1, 0.15) is 11.1 Å². The summed E-state index contributed by atoms with van der Waals surface area (Å²) in [7, 11) is 0. The van der Waals surface area contributed by atoms with Crippen molar-refractivity contribution in [1.82, 2.24) is 19.6 Å². The molecule has 3 rings (SSSR count). The summed E-state index contributed by atoms with van der Waals surface area (Å²) in [6.45, 7) is 2.82. The van der Waals surface area contributed by atoms with Crippen molar-refractivity contribution in [1.29, 1.82) is 0 Å². The van der Waals surface area contributed by atoms with Gasteiger partial charge in [0.1, 0.15) is 0 Å². The minimum absolute atomic E-state index is 0.370. The van der Waals surface area contributed by atoms with E-state index in [-0.39, 0.29) is 0 Å². The van der Waals surface area contributed by atoms with Gasteiger partial charge in [-0.25, -0.2) is 4.98 Å². The Kier molecular flexibility index (Phi) is 3.95. The van der Waals surface area contributed by atoms with E-state index in [0.29, 0.717) is 23.8 Å². The number of aromatic nitrogens is 4. The van der Waals surface area contributed by atoms with Crippen molar-refractivity contribution in [3.8, 4) is 0 Å². The Morgan fingerprint density at radius 2 is 2.23 bits per heavy atom. The molecule has 7 heteroatoms. The van der Waals surface area contributed by atoms with Gasteiger partial charge in [-0.15, -0.1) is 10.2 Å². The second-order valence-electron chi connectivity index (χ2n) is 4.92. The van der Waals surface area contributed by atoms with E-state index in [9.17, 15) is 4.79 Å². The number of nitrogens with one attached hydrogen (secondary N) is 2. The van der Waals surface area contributed by atoms with Gasteiger partial charge in [-0.1, -0.05) is 29.8 Å². The maximum atomic E-state index is 10.5. The van der Waals surface area contributed by atoms with Crippen molar-refractivity contribution >= 4 is 23.8 Å². The maximum Gasteiger partial charge on any atom is 0.235 e. The number of anilines is 2. The van der Waals surface area contributed by atoms with Crippen LogP contribution in [0.15, 0.2) is 36.7 Å². The van der Waals surface area contributed by atoms with Gasteiger partial charge >= 0.3 is 0 Å². The molecule has 0 saturated carbocycles. The molecule has 112 valence electrons. The number of rotatable bonds is 6. The van der Waals surface area contributed by atoms with E-state index in [0.717, 1.165) is 13.0 Å². The third-order valence-electron chi connectivity index (χ3n) is 3.30. The van der Waals surface area contributed by atoms with E-state index < -0.39 is 0 Å². The Hall–Kier alpha value is -2.96. The number of amides is 1. The van der Waals surface area contributed by atoms with Crippen molar-refractivity contribution in [2.24, 2.45) is 0 Å². The maximum absolute atomic E-state index is 10.5. The lowest BCUT2D eigenvalue weighted by Gasteiger charge is -2.07. The highest BCUT2D eigenvalue weighted by molar-refractivity contribution is 5.71. The van der Waals surface area contributed by atoms with E-state index in [1.807, 2.05) is 0 Å². The van der Waals surface area contributed by atoms with Crippen molar-refractivity contribution in [3.05, 3.63) is 47.8 Å². The molecule has 0 spiro atoms. The highest BCUT2D eigenvalue weighted by Gasteiger charge is 2.09. The van der Waals surface area contributed by atoms with Crippen molar-refractivity contribution in [2.45, 2.75) is 13.3 Å². The molecular weight excluding hydrogens is 280 g/mol. The Balaban J connectivity index is 1.72. The first-order valence-electron chi connectivity index (χ1n) is 6.97. The van der Waals surface area contributed by atoms with Crippen LogP contribution >= 0.6 is 0 Å². The van der Waals surface area contributed by atoms with E-state index in [1.54, 1.807) is 16.8 Å². The summed E-state index contributed by atoms with van der Waals surface area (Å²) < 4.78 is 1.68. The number of aryl methyl sites for hydroxylation is 1. The lowest BCUT2D eigenvalue weighted by atomic mass is 10.1. The number of benzene rings is 1. The van der Waals surface area contributed by atoms with Crippen LogP contribution in [-0.4, -0.2) is 32.5 Å². The van der Waals surface area contributed by atoms with Crippen LogP contribution in [0, 0.1) is 6.92 Å². The molecule has 0 bridgehead atoms. The smallest absolute Gasteiger partial charge is 0.235 e. The quantitative estimate of drug-likeness (QED) is 0.676. The Morgan fingerprint density at radius 1 is 1.32 bits per heavy atom. The first-order valence-corrected chi connectivity index (χ1v) is 6.97. The van der Waals surface area contributed by atoms with Crippen LogP contribution < -0.4 is 10.6 Å². The van der Waals surface area contributed by atoms with Crippen LogP contribution in [-0.2, 0) is 11.2 Å². The lowest BCUT2D eigenvalue weighted by Crippen LogP contribution is -2.08. The van der Waals surface area contributed by atoms with Crippen LogP contribution in [0.4, 0.5) is 11.8 Å². The third-order valence-corrected chi connectivity index (χ3v) is 3.30. The summed E-state index contributed by atoms with van der Waals surface area (Å²) >= 11 is 0. The Morgan fingerprint density at radius 3 is 3.05 bits per heavy atom. The highest BCUT2D eigenvalue weighted by atomic mass is 16.1. The zero-order chi connectivity index (χ0) is 15.4. The van der Waals surface area contributed by atoms with Crippen LogP contribution in [0.2, 0.25) is 0 Å². The predicted octanol–water partition coefficient (Wildman–Crippen LogP) is 1.66. The molecule has 0 saturated heterocycles. The zero-order valence-corrected chi connectivity index (χ0v) is 12.2. The molecule has 0 atom stereocenters. The third kappa shape index (κ3) is 2.88. The van der Waals surface area contributed by atoms with Gasteiger partial charge in [0.25, 0.3) is 0 Å². The number of carbonyl (C=O) groups is 1. The SMILES string of the molecule is Cc1cccc(CCNc2nccn3c(NC=O)nnc23)c1. The van der Waals surface area contributed by atoms with Crippen molar-refractivity contribution in [2.75, 3.05) is 17.2 Å². The van der Waals surface area contributed by atoms with Gasteiger partial charge in [-0.3, -0.25) is 14.5 Å². The summed E-state index contributed by atoms with van der Waals surface area (Å²) in [6, 6.07) is 8.40. The zero-order valence-electron chi connectivity index (χ0n) is 12.2. The topological polar surface area (TPSA) is 84.2 Å². The van der Waals surface area contributed by atoms with Crippen molar-refractivity contribution < 1.29 is 4.79 Å². The Labute approximate surface area is 127 Å². The number of carbonyl (C=O) groups excluding carboxylic acids is 1. The molecular formula is C15H16N6O. The van der Waals surface area contributed by atoms with Gasteiger partial charge in [0.05, 0.1) is 0 Å². The molecule has 0 radical (unpaired) electrons. The van der Waals surface area contributed by atoms with E-state index in [4.69, 9.17) is 0 Å². The molecule has 0 aliphatic heterocycles. The van der Waals surface area contributed by atoms with Gasteiger partial charge in [-0.05, 0) is 18.9 Å². The molecule has 22 heavy (non-hydrogen) atoms. The number of fused-ring (bicyclic) bond motifs is 1. The molecule has 0 aliphatic rings. The summed E-state index contributed by atoms with van der Waals surface area (Å²) in [4.78, 5) is 14.8. The standard InChI is InChI=1S/C15H16N6O/c1-11-3-2-4-12(9-11)5-6-16-13-14-19-20-15(18-10-22)21(14)8-7-17-13/h2-4,7-10H,5-6H2,1H3,(H,16,17)(H,18,20,22).